The van der Waals surface area contributed by atoms with E-state index >= 15 is 0 Å². The van der Waals surface area contributed by atoms with Gasteiger partial charge in [0.25, 0.3) is 0 Å². The second-order valence-corrected chi connectivity index (χ2v) is 4.44. The highest BCUT2D eigenvalue weighted by Gasteiger charge is 2.25. The van der Waals surface area contributed by atoms with Crippen molar-refractivity contribution in [2.75, 3.05) is 13.1 Å². The maximum Gasteiger partial charge on any atom is 0.303 e. The van der Waals surface area contributed by atoms with Crippen molar-refractivity contribution in [1.82, 2.24) is 9.03 Å². The Labute approximate surface area is 71.9 Å². The van der Waals surface area contributed by atoms with Crippen LogP contribution >= 0.6 is 0 Å². The van der Waals surface area contributed by atoms with Crippen molar-refractivity contribution in [3.8, 4) is 0 Å². The molecule has 1 aliphatic heterocycles. The fraction of sp³-hybridized carbons (Fsp3) is 0.833. The van der Waals surface area contributed by atoms with Crippen molar-refractivity contribution >= 4 is 16.1 Å². The van der Waals surface area contributed by atoms with E-state index in [0.717, 1.165) is 12.8 Å². The molecular weight excluding hydrogens is 180 g/mol. The predicted molar refractivity (Wildman–Crippen MR) is 43.5 cm³/mol. The fourth-order valence-corrected chi connectivity index (χ4v) is 2.41. The number of nitrogens with one attached hydrogen (secondary N) is 1. The molecule has 6 heteroatoms. The first-order chi connectivity index (χ1) is 5.52. The summed E-state index contributed by atoms with van der Waals surface area (Å²) in [6.45, 7) is 2.22. The van der Waals surface area contributed by atoms with Gasteiger partial charge in [-0.1, -0.05) is 0 Å². The average molecular weight is 192 g/mol. The van der Waals surface area contributed by atoms with Crippen molar-refractivity contribution in [2.24, 2.45) is 0 Å². The van der Waals surface area contributed by atoms with E-state index in [-0.39, 0.29) is 0 Å². The number of amides is 1. The van der Waals surface area contributed by atoms with E-state index in [0.29, 0.717) is 13.1 Å². The minimum Gasteiger partial charge on any atom is -0.274 e. The molecule has 1 heterocycles. The third-order valence-electron chi connectivity index (χ3n) is 1.68. The average Bonchev–Trinajstić information content (AvgIpc) is 2.32. The topological polar surface area (TPSA) is 66.5 Å². The molecule has 0 aromatic carbocycles. The minimum atomic E-state index is -3.53. The van der Waals surface area contributed by atoms with Crippen LogP contribution in [0, 0.1) is 0 Å². The van der Waals surface area contributed by atoms with Crippen LogP contribution in [0.3, 0.4) is 0 Å². The SMILES string of the molecule is CC(=O)NS(=O)(=O)N1CCCC1. The van der Waals surface area contributed by atoms with Crippen LogP contribution in [0.25, 0.3) is 0 Å². The Morgan fingerprint density at radius 2 is 1.83 bits per heavy atom. The number of hydrogen-bond donors (Lipinski definition) is 1. The van der Waals surface area contributed by atoms with Gasteiger partial charge in [-0.05, 0) is 12.8 Å². The number of hydrogen-bond acceptors (Lipinski definition) is 3. The van der Waals surface area contributed by atoms with Crippen molar-refractivity contribution in [2.45, 2.75) is 19.8 Å². The van der Waals surface area contributed by atoms with E-state index in [4.69, 9.17) is 0 Å². The third-order valence-corrected chi connectivity index (χ3v) is 3.27. The molecule has 0 atom stereocenters. The van der Waals surface area contributed by atoms with Crippen LogP contribution in [0.5, 0.6) is 0 Å². The summed E-state index contributed by atoms with van der Waals surface area (Å²) in [7, 11) is -3.53. The Bertz CT molecular complexity index is 267. The molecule has 0 unspecified atom stereocenters. The molecule has 1 N–H and O–H groups in total. The zero-order valence-electron chi connectivity index (χ0n) is 6.91. The Balaban J connectivity index is 2.64. The summed E-state index contributed by atoms with van der Waals surface area (Å²) < 4.78 is 25.7. The lowest BCUT2D eigenvalue weighted by Gasteiger charge is -2.14. The molecule has 1 amide bonds. The van der Waals surface area contributed by atoms with E-state index in [1.54, 1.807) is 0 Å². The maximum absolute atomic E-state index is 11.2. The molecule has 0 radical (unpaired) electrons. The third kappa shape index (κ3) is 2.18. The van der Waals surface area contributed by atoms with Gasteiger partial charge in [0.1, 0.15) is 0 Å². The molecule has 0 aliphatic carbocycles. The van der Waals surface area contributed by atoms with Crippen LogP contribution in [0.4, 0.5) is 0 Å². The summed E-state index contributed by atoms with van der Waals surface area (Å²) >= 11 is 0. The standard InChI is InChI=1S/C6H12N2O3S/c1-6(9)7-12(10,11)8-4-2-3-5-8/h2-5H2,1H3,(H,7,9). The molecule has 70 valence electrons. The van der Waals surface area contributed by atoms with Crippen LogP contribution < -0.4 is 4.72 Å². The van der Waals surface area contributed by atoms with Gasteiger partial charge in [-0.25, -0.2) is 4.72 Å². The molecular formula is C6H12N2O3S. The van der Waals surface area contributed by atoms with E-state index in [9.17, 15) is 13.2 Å². The normalized spacial score (nSPS) is 19.4. The van der Waals surface area contributed by atoms with Gasteiger partial charge in [-0.2, -0.15) is 12.7 Å². The van der Waals surface area contributed by atoms with Crippen molar-refractivity contribution in [1.29, 1.82) is 0 Å². The molecule has 1 aliphatic rings. The molecule has 0 aromatic heterocycles. The number of carbonyl (C=O) groups is 1. The highest BCUT2D eigenvalue weighted by molar-refractivity contribution is 7.87. The summed E-state index contributed by atoms with van der Waals surface area (Å²) in [6, 6.07) is 0. The Hall–Kier alpha value is -0.620. The van der Waals surface area contributed by atoms with Crippen molar-refractivity contribution in [3.05, 3.63) is 0 Å². The van der Waals surface area contributed by atoms with Crippen LogP contribution in [-0.4, -0.2) is 31.7 Å². The quantitative estimate of drug-likeness (QED) is 0.639. The van der Waals surface area contributed by atoms with Crippen molar-refractivity contribution in [3.63, 3.8) is 0 Å². The summed E-state index contributed by atoms with van der Waals surface area (Å²) in [5.74, 6) is -0.540. The number of nitrogens with zero attached hydrogens (tertiary/aromatic N) is 1. The molecule has 0 aromatic rings. The van der Waals surface area contributed by atoms with Crippen LogP contribution in [0.15, 0.2) is 0 Å². The minimum absolute atomic E-state index is 0.516. The highest BCUT2D eigenvalue weighted by Crippen LogP contribution is 2.10. The van der Waals surface area contributed by atoms with E-state index in [1.807, 2.05) is 4.72 Å². The first-order valence-electron chi connectivity index (χ1n) is 3.81. The molecule has 0 saturated carbocycles. The van der Waals surface area contributed by atoms with Gasteiger partial charge in [0.2, 0.25) is 5.91 Å². The summed E-state index contributed by atoms with van der Waals surface area (Å²) in [6.07, 6.45) is 1.75. The van der Waals surface area contributed by atoms with Gasteiger partial charge in [0.15, 0.2) is 0 Å². The Kier molecular flexibility index (Phi) is 2.69. The molecule has 1 fully saturated rings. The zero-order chi connectivity index (χ0) is 9.19. The van der Waals surface area contributed by atoms with Gasteiger partial charge < -0.3 is 0 Å². The van der Waals surface area contributed by atoms with E-state index in [1.165, 1.54) is 11.2 Å². The monoisotopic (exact) mass is 192 g/mol. The van der Waals surface area contributed by atoms with E-state index < -0.39 is 16.1 Å². The van der Waals surface area contributed by atoms with E-state index in [2.05, 4.69) is 0 Å². The molecule has 0 bridgehead atoms. The van der Waals surface area contributed by atoms with Gasteiger partial charge >= 0.3 is 10.2 Å². The highest BCUT2D eigenvalue weighted by atomic mass is 32.2. The summed E-state index contributed by atoms with van der Waals surface area (Å²) in [5.41, 5.74) is 0. The first kappa shape index (κ1) is 9.47. The number of carbonyl (C=O) groups excluding carboxylic acids is 1. The first-order valence-corrected chi connectivity index (χ1v) is 5.25. The second-order valence-electron chi connectivity index (χ2n) is 2.77. The van der Waals surface area contributed by atoms with Gasteiger partial charge in [0.05, 0.1) is 0 Å². The lowest BCUT2D eigenvalue weighted by atomic mass is 10.4. The van der Waals surface area contributed by atoms with Gasteiger partial charge in [0, 0.05) is 20.0 Å². The van der Waals surface area contributed by atoms with Crippen LogP contribution in [-0.2, 0) is 15.0 Å². The number of rotatable bonds is 2. The van der Waals surface area contributed by atoms with Crippen molar-refractivity contribution < 1.29 is 13.2 Å². The van der Waals surface area contributed by atoms with Crippen LogP contribution in [0.1, 0.15) is 19.8 Å². The molecule has 1 saturated heterocycles. The largest absolute Gasteiger partial charge is 0.303 e. The lowest BCUT2D eigenvalue weighted by molar-refractivity contribution is -0.117. The lowest BCUT2D eigenvalue weighted by Crippen LogP contribution is -2.40. The summed E-state index contributed by atoms with van der Waals surface area (Å²) in [5, 5.41) is 0. The fourth-order valence-electron chi connectivity index (χ4n) is 1.17. The van der Waals surface area contributed by atoms with Gasteiger partial charge in [-0.15, -0.1) is 0 Å². The molecule has 0 spiro atoms. The molecule has 12 heavy (non-hydrogen) atoms. The van der Waals surface area contributed by atoms with Gasteiger partial charge in [-0.3, -0.25) is 4.79 Å². The van der Waals surface area contributed by atoms with Crippen LogP contribution in [0.2, 0.25) is 0 Å². The molecule has 5 nitrogen and oxygen atoms in total. The Morgan fingerprint density at radius 3 is 2.25 bits per heavy atom. The Morgan fingerprint density at radius 1 is 1.33 bits per heavy atom. The smallest absolute Gasteiger partial charge is 0.274 e. The second kappa shape index (κ2) is 3.40. The molecule has 1 rings (SSSR count). The maximum atomic E-state index is 11.2. The zero-order valence-corrected chi connectivity index (χ0v) is 7.73. The predicted octanol–water partition coefficient (Wildman–Crippen LogP) is -0.537. The summed E-state index contributed by atoms with van der Waals surface area (Å²) in [4.78, 5) is 10.5.